The van der Waals surface area contributed by atoms with Gasteiger partial charge in [-0.15, -0.1) is 0 Å². The average Bonchev–Trinajstić information content (AvgIpc) is 2.41. The van der Waals surface area contributed by atoms with Gasteiger partial charge in [0, 0.05) is 6.26 Å². The Hall–Kier alpha value is -1.56. The lowest BCUT2D eigenvalue weighted by molar-refractivity contribution is 0.602. The van der Waals surface area contributed by atoms with Gasteiger partial charge in [0.2, 0.25) is 5.96 Å². The van der Waals surface area contributed by atoms with Crippen LogP contribution in [0.2, 0.25) is 0 Å². The number of rotatable bonds is 1. The van der Waals surface area contributed by atoms with Gasteiger partial charge in [-0.25, -0.2) is 18.7 Å². The van der Waals surface area contributed by atoms with Crippen LogP contribution in [0.25, 0.3) is 0 Å². The van der Waals surface area contributed by atoms with Crippen molar-refractivity contribution in [3.8, 4) is 0 Å². The monoisotopic (exact) mass is 210 g/mol. The van der Waals surface area contributed by atoms with E-state index in [9.17, 15) is 8.42 Å². The minimum absolute atomic E-state index is 0.158. The van der Waals surface area contributed by atoms with Crippen LogP contribution in [-0.4, -0.2) is 20.6 Å². The third-order valence-corrected chi connectivity index (χ3v) is 2.96. The smallest absolute Gasteiger partial charge is 0.221 e. The van der Waals surface area contributed by atoms with Crippen molar-refractivity contribution in [3.05, 3.63) is 18.2 Å². The van der Waals surface area contributed by atoms with Gasteiger partial charge in [-0.3, -0.25) is 0 Å². The van der Waals surface area contributed by atoms with Gasteiger partial charge in [0.05, 0.1) is 16.3 Å². The Kier molecular flexibility index (Phi) is 1.75. The van der Waals surface area contributed by atoms with Gasteiger partial charge in [0.15, 0.2) is 9.84 Å². The Labute approximate surface area is 81.6 Å². The molecule has 0 aromatic heterocycles. The van der Waals surface area contributed by atoms with Gasteiger partial charge >= 0.3 is 0 Å². The number of nitrogens with zero attached hydrogens (tertiary/aromatic N) is 2. The average molecular weight is 210 g/mol. The van der Waals surface area contributed by atoms with Crippen molar-refractivity contribution in [1.82, 2.24) is 5.32 Å². The van der Waals surface area contributed by atoms with E-state index in [2.05, 4.69) is 10.3 Å². The van der Waals surface area contributed by atoms with Crippen molar-refractivity contribution in [2.24, 2.45) is 10.7 Å². The normalized spacial score (nSPS) is 14.5. The van der Waals surface area contributed by atoms with E-state index < -0.39 is 9.84 Å². The number of aliphatic imine (C=N–C) groups is 1. The van der Waals surface area contributed by atoms with Gasteiger partial charge in [-0.1, -0.05) is 0 Å². The van der Waals surface area contributed by atoms with Crippen LogP contribution < -0.4 is 11.1 Å². The minimum atomic E-state index is -3.19. The largest absolute Gasteiger partial charge is 0.368 e. The molecule has 1 heterocycles. The second kappa shape index (κ2) is 2.71. The Morgan fingerprint density at radius 2 is 2.00 bits per heavy atom. The predicted molar refractivity (Wildman–Crippen MR) is 52.6 cm³/mol. The van der Waals surface area contributed by atoms with E-state index in [4.69, 9.17) is 5.73 Å². The minimum Gasteiger partial charge on any atom is -0.368 e. The predicted octanol–water partition coefficient (Wildman–Crippen LogP) is 0.286. The molecule has 0 aliphatic carbocycles. The topological polar surface area (TPSA) is 86.6 Å². The van der Waals surface area contributed by atoms with Crippen LogP contribution in [0.15, 0.2) is 28.1 Å². The Bertz CT molecular complexity index is 519. The zero-order chi connectivity index (χ0) is 10.3. The molecule has 0 bridgehead atoms. The summed E-state index contributed by atoms with van der Waals surface area (Å²) in [6, 6.07) is 4.55. The van der Waals surface area contributed by atoms with Crippen LogP contribution in [0.5, 0.6) is 0 Å². The van der Waals surface area contributed by atoms with Crippen molar-refractivity contribution in [3.63, 3.8) is 0 Å². The molecule has 0 spiro atoms. The summed E-state index contributed by atoms with van der Waals surface area (Å²) in [6.45, 7) is 0. The van der Waals surface area contributed by atoms with Gasteiger partial charge in [-0.2, -0.15) is 0 Å². The van der Waals surface area contributed by atoms with Crippen molar-refractivity contribution in [1.29, 1.82) is 0 Å². The Morgan fingerprint density at radius 1 is 1.29 bits per heavy atom. The van der Waals surface area contributed by atoms with E-state index in [1.807, 2.05) is 0 Å². The van der Waals surface area contributed by atoms with Crippen molar-refractivity contribution < 1.29 is 8.42 Å². The lowest BCUT2D eigenvalue weighted by Gasteiger charge is -1.99. The maximum atomic E-state index is 11.2. The molecule has 2 rings (SSSR count). The fraction of sp³-hybridized carbons (Fsp3) is 0.125. The number of nitrogens with two attached hydrogens (primary N) is 1. The summed E-state index contributed by atoms with van der Waals surface area (Å²) in [7, 11) is -3.19. The first-order valence-corrected chi connectivity index (χ1v) is 5.76. The Balaban J connectivity index is 2.57. The van der Waals surface area contributed by atoms with Crippen molar-refractivity contribution >= 4 is 27.2 Å². The first-order valence-electron chi connectivity index (χ1n) is 3.87. The van der Waals surface area contributed by atoms with Crippen LogP contribution in [0.3, 0.4) is 0 Å². The number of sulfone groups is 1. The highest BCUT2D eigenvalue weighted by molar-refractivity contribution is 7.90. The molecule has 1 aromatic rings. The zero-order valence-corrected chi connectivity index (χ0v) is 8.25. The van der Waals surface area contributed by atoms with E-state index >= 15 is 0 Å². The summed E-state index contributed by atoms with van der Waals surface area (Å²) in [5.74, 6) is 0.158. The summed E-state index contributed by atoms with van der Waals surface area (Å²) in [5, 5.41) is 3.91. The lowest BCUT2D eigenvalue weighted by atomic mass is 10.3. The molecule has 1 radical (unpaired) electrons. The second-order valence-electron chi connectivity index (χ2n) is 3.00. The summed E-state index contributed by atoms with van der Waals surface area (Å²) >= 11 is 0. The fourth-order valence-corrected chi connectivity index (χ4v) is 1.83. The first kappa shape index (κ1) is 9.01. The Morgan fingerprint density at radius 3 is 2.64 bits per heavy atom. The number of hydrogen-bond acceptors (Lipinski definition) is 4. The second-order valence-corrected chi connectivity index (χ2v) is 5.02. The van der Waals surface area contributed by atoms with E-state index in [1.165, 1.54) is 12.1 Å². The van der Waals surface area contributed by atoms with Gasteiger partial charge in [0.25, 0.3) is 0 Å². The summed E-state index contributed by atoms with van der Waals surface area (Å²) in [5.41, 5.74) is 6.49. The van der Waals surface area contributed by atoms with E-state index in [1.54, 1.807) is 6.07 Å². The third-order valence-electron chi connectivity index (χ3n) is 1.85. The van der Waals surface area contributed by atoms with Crippen molar-refractivity contribution in [2.45, 2.75) is 4.90 Å². The SMILES string of the molecule is CS(=O)(=O)c1ccc2c(c1)N=C(N)[N]2. The van der Waals surface area contributed by atoms with Crippen LogP contribution in [0.4, 0.5) is 11.4 Å². The van der Waals surface area contributed by atoms with Crippen LogP contribution in [0, 0.1) is 0 Å². The van der Waals surface area contributed by atoms with E-state index in [0.29, 0.717) is 11.4 Å². The molecule has 1 aromatic carbocycles. The summed E-state index contributed by atoms with van der Waals surface area (Å²) in [4.78, 5) is 4.12. The fourth-order valence-electron chi connectivity index (χ4n) is 1.19. The molecule has 0 saturated heterocycles. The highest BCUT2D eigenvalue weighted by atomic mass is 32.2. The van der Waals surface area contributed by atoms with Crippen LogP contribution >= 0.6 is 0 Å². The van der Waals surface area contributed by atoms with Crippen LogP contribution in [0.1, 0.15) is 0 Å². The molecule has 0 amide bonds. The molecule has 0 fully saturated rings. The molecule has 0 unspecified atom stereocenters. The molecule has 73 valence electrons. The van der Waals surface area contributed by atoms with Gasteiger partial charge < -0.3 is 5.73 Å². The highest BCUT2D eigenvalue weighted by Gasteiger charge is 2.16. The third kappa shape index (κ3) is 1.44. The molecule has 6 heteroatoms. The number of hydrogen-bond donors (Lipinski definition) is 1. The van der Waals surface area contributed by atoms with Crippen molar-refractivity contribution in [2.75, 3.05) is 6.26 Å². The number of benzene rings is 1. The van der Waals surface area contributed by atoms with Crippen LogP contribution in [-0.2, 0) is 9.84 Å². The highest BCUT2D eigenvalue weighted by Crippen LogP contribution is 2.31. The standard InChI is InChI=1S/C8H8N3O2S/c1-14(12,13)5-2-3-6-7(4-5)11-8(9)10-6/h2-4H,1H3,(H2,9,11). The lowest BCUT2D eigenvalue weighted by Crippen LogP contribution is -2.16. The van der Waals surface area contributed by atoms with E-state index in [-0.39, 0.29) is 10.9 Å². The zero-order valence-electron chi connectivity index (χ0n) is 7.43. The summed E-state index contributed by atoms with van der Waals surface area (Å²) < 4.78 is 22.4. The maximum Gasteiger partial charge on any atom is 0.221 e. The number of guanidine groups is 1. The van der Waals surface area contributed by atoms with E-state index in [0.717, 1.165) is 6.26 Å². The molecule has 2 N–H and O–H groups in total. The molecule has 1 aliphatic heterocycles. The molecular weight excluding hydrogens is 202 g/mol. The maximum absolute atomic E-state index is 11.2. The summed E-state index contributed by atoms with van der Waals surface area (Å²) in [6.07, 6.45) is 1.15. The first-order chi connectivity index (χ1) is 6.47. The molecule has 5 nitrogen and oxygen atoms in total. The van der Waals surface area contributed by atoms with Gasteiger partial charge in [0.1, 0.15) is 0 Å². The van der Waals surface area contributed by atoms with Gasteiger partial charge in [-0.05, 0) is 18.2 Å². The molecule has 0 atom stereocenters. The molecule has 0 saturated carbocycles. The molecule has 1 aliphatic rings. The number of fused-ring (bicyclic) bond motifs is 1. The quantitative estimate of drug-likeness (QED) is 0.722. The molecular formula is C8H8N3O2S. The molecule has 14 heavy (non-hydrogen) atoms.